The number of hydrogen-bond donors (Lipinski definition) is 2. The average Bonchev–Trinajstić information content (AvgIpc) is 3.24. The molecule has 144 valence electrons. The van der Waals surface area contributed by atoms with Crippen molar-refractivity contribution in [2.45, 2.75) is 6.04 Å². The van der Waals surface area contributed by atoms with Crippen LogP contribution in [0.5, 0.6) is 0 Å². The molecule has 1 aromatic heterocycles. The standard InChI is InChI=1S/C20H26N4O2S/c1-21-18(25)15-23-9-11-24(12-10-23)19(26)14-22-20(17-8-5-13-27-17)16-6-3-2-4-7-16/h2-8,13,20,22H,9-12,14-15H2,1H3,(H,21,25)/t20-/m1/s1. The number of hydrogen-bond acceptors (Lipinski definition) is 5. The quantitative estimate of drug-likeness (QED) is 0.753. The van der Waals surface area contributed by atoms with Crippen molar-refractivity contribution >= 4 is 23.2 Å². The SMILES string of the molecule is CNC(=O)CN1CCN(C(=O)CN[C@H](c2ccccc2)c2cccs2)CC1. The Morgan fingerprint density at radius 2 is 1.81 bits per heavy atom. The van der Waals surface area contributed by atoms with E-state index in [4.69, 9.17) is 0 Å². The van der Waals surface area contributed by atoms with Crippen molar-refractivity contribution in [2.24, 2.45) is 0 Å². The highest BCUT2D eigenvalue weighted by Crippen LogP contribution is 2.25. The molecule has 7 heteroatoms. The molecule has 1 saturated heterocycles. The first-order chi connectivity index (χ1) is 13.2. The van der Waals surface area contributed by atoms with E-state index in [0.29, 0.717) is 26.2 Å². The molecule has 0 bridgehead atoms. The van der Waals surface area contributed by atoms with Crippen LogP contribution in [0.3, 0.4) is 0 Å². The molecule has 0 saturated carbocycles. The van der Waals surface area contributed by atoms with Gasteiger partial charge >= 0.3 is 0 Å². The lowest BCUT2D eigenvalue weighted by molar-refractivity contribution is -0.132. The number of piperazine rings is 1. The van der Waals surface area contributed by atoms with E-state index < -0.39 is 0 Å². The molecule has 1 atom stereocenters. The van der Waals surface area contributed by atoms with E-state index in [2.05, 4.69) is 39.1 Å². The van der Waals surface area contributed by atoms with Crippen LogP contribution in [0.4, 0.5) is 0 Å². The highest BCUT2D eigenvalue weighted by molar-refractivity contribution is 7.10. The fraction of sp³-hybridized carbons (Fsp3) is 0.400. The van der Waals surface area contributed by atoms with Crippen molar-refractivity contribution in [1.29, 1.82) is 0 Å². The second kappa shape index (κ2) is 9.64. The Balaban J connectivity index is 1.54. The average molecular weight is 387 g/mol. The smallest absolute Gasteiger partial charge is 0.236 e. The molecule has 3 rings (SSSR count). The number of benzene rings is 1. The molecule has 2 amide bonds. The van der Waals surface area contributed by atoms with Crippen LogP contribution in [-0.2, 0) is 9.59 Å². The summed E-state index contributed by atoms with van der Waals surface area (Å²) in [6.07, 6.45) is 0. The molecule has 1 aromatic carbocycles. The number of nitrogens with zero attached hydrogens (tertiary/aromatic N) is 2. The molecule has 1 aliphatic rings. The fourth-order valence-electron chi connectivity index (χ4n) is 3.22. The van der Waals surface area contributed by atoms with Gasteiger partial charge in [0.1, 0.15) is 0 Å². The van der Waals surface area contributed by atoms with Gasteiger partial charge in [0.15, 0.2) is 0 Å². The molecule has 0 spiro atoms. The Morgan fingerprint density at radius 3 is 2.44 bits per heavy atom. The number of nitrogens with one attached hydrogen (secondary N) is 2. The summed E-state index contributed by atoms with van der Waals surface area (Å²) in [4.78, 5) is 29.3. The number of rotatable bonds is 7. The first-order valence-electron chi connectivity index (χ1n) is 9.20. The van der Waals surface area contributed by atoms with Crippen LogP contribution >= 0.6 is 11.3 Å². The lowest BCUT2D eigenvalue weighted by atomic mass is 10.1. The summed E-state index contributed by atoms with van der Waals surface area (Å²) in [5.74, 6) is 0.116. The summed E-state index contributed by atoms with van der Waals surface area (Å²) in [7, 11) is 1.64. The van der Waals surface area contributed by atoms with E-state index in [9.17, 15) is 9.59 Å². The van der Waals surface area contributed by atoms with Crippen molar-refractivity contribution < 1.29 is 9.59 Å². The van der Waals surface area contributed by atoms with E-state index >= 15 is 0 Å². The predicted octanol–water partition coefficient (Wildman–Crippen LogP) is 1.32. The Labute approximate surface area is 164 Å². The number of likely N-dealkylation sites (N-methyl/N-ethyl adjacent to an activating group) is 1. The van der Waals surface area contributed by atoms with E-state index in [1.807, 2.05) is 29.2 Å². The Kier molecular flexibility index (Phi) is 6.98. The summed E-state index contributed by atoms with van der Waals surface area (Å²) >= 11 is 1.69. The van der Waals surface area contributed by atoms with E-state index in [1.54, 1.807) is 18.4 Å². The third-order valence-corrected chi connectivity index (χ3v) is 5.73. The largest absolute Gasteiger partial charge is 0.358 e. The number of amides is 2. The monoisotopic (exact) mass is 386 g/mol. The van der Waals surface area contributed by atoms with Crippen LogP contribution in [0.15, 0.2) is 47.8 Å². The van der Waals surface area contributed by atoms with Crippen molar-refractivity contribution in [3.8, 4) is 0 Å². The van der Waals surface area contributed by atoms with Gasteiger partial charge in [0.2, 0.25) is 11.8 Å². The maximum atomic E-state index is 12.7. The molecule has 2 N–H and O–H groups in total. The highest BCUT2D eigenvalue weighted by atomic mass is 32.1. The minimum atomic E-state index is 0.0121. The predicted molar refractivity (Wildman–Crippen MR) is 108 cm³/mol. The van der Waals surface area contributed by atoms with Crippen LogP contribution < -0.4 is 10.6 Å². The summed E-state index contributed by atoms with van der Waals surface area (Å²) in [6, 6.07) is 14.3. The van der Waals surface area contributed by atoms with Crippen LogP contribution in [0.2, 0.25) is 0 Å². The second-order valence-electron chi connectivity index (χ2n) is 6.57. The molecule has 1 fully saturated rings. The summed E-state index contributed by atoms with van der Waals surface area (Å²) < 4.78 is 0. The van der Waals surface area contributed by atoms with E-state index in [0.717, 1.165) is 18.7 Å². The minimum absolute atomic E-state index is 0.0121. The van der Waals surface area contributed by atoms with Crippen molar-refractivity contribution in [1.82, 2.24) is 20.4 Å². The summed E-state index contributed by atoms with van der Waals surface area (Å²) in [6.45, 7) is 3.47. The molecule has 2 heterocycles. The molecule has 2 aromatic rings. The molecular formula is C20H26N4O2S. The van der Waals surface area contributed by atoms with Gasteiger partial charge in [0.05, 0.1) is 19.1 Å². The van der Waals surface area contributed by atoms with E-state index in [-0.39, 0.29) is 17.9 Å². The van der Waals surface area contributed by atoms with Crippen molar-refractivity contribution in [3.63, 3.8) is 0 Å². The van der Waals surface area contributed by atoms with Crippen LogP contribution in [0.1, 0.15) is 16.5 Å². The van der Waals surface area contributed by atoms with Gasteiger partial charge < -0.3 is 10.2 Å². The maximum Gasteiger partial charge on any atom is 0.236 e. The third-order valence-electron chi connectivity index (χ3n) is 4.79. The van der Waals surface area contributed by atoms with Gasteiger partial charge in [0.25, 0.3) is 0 Å². The van der Waals surface area contributed by atoms with Crippen LogP contribution in [-0.4, -0.2) is 67.9 Å². The molecule has 6 nitrogen and oxygen atoms in total. The number of carbonyl (C=O) groups is 2. The molecule has 27 heavy (non-hydrogen) atoms. The van der Waals surface area contributed by atoms with E-state index in [1.165, 1.54) is 4.88 Å². The van der Waals surface area contributed by atoms with Gasteiger partial charge in [-0.05, 0) is 17.0 Å². The zero-order valence-electron chi connectivity index (χ0n) is 15.6. The molecule has 0 unspecified atom stereocenters. The molecule has 0 radical (unpaired) electrons. The fourth-order valence-corrected chi connectivity index (χ4v) is 4.05. The van der Waals surface area contributed by atoms with Gasteiger partial charge in [-0.25, -0.2) is 0 Å². The minimum Gasteiger partial charge on any atom is -0.358 e. The molecule has 1 aliphatic heterocycles. The Morgan fingerprint density at radius 1 is 1.07 bits per heavy atom. The van der Waals surface area contributed by atoms with Crippen molar-refractivity contribution in [3.05, 3.63) is 58.3 Å². The summed E-state index contributed by atoms with van der Waals surface area (Å²) in [5, 5.41) is 8.12. The summed E-state index contributed by atoms with van der Waals surface area (Å²) in [5.41, 5.74) is 1.16. The first kappa shape index (κ1) is 19.5. The number of carbonyl (C=O) groups excluding carboxylic acids is 2. The number of thiophene rings is 1. The normalized spacial score (nSPS) is 16.1. The highest BCUT2D eigenvalue weighted by Gasteiger charge is 2.23. The first-order valence-corrected chi connectivity index (χ1v) is 10.1. The molecular weight excluding hydrogens is 360 g/mol. The topological polar surface area (TPSA) is 64.7 Å². The van der Waals surface area contributed by atoms with Gasteiger partial charge in [-0.3, -0.25) is 19.8 Å². The van der Waals surface area contributed by atoms with Crippen LogP contribution in [0, 0.1) is 0 Å². The van der Waals surface area contributed by atoms with Crippen LogP contribution in [0.25, 0.3) is 0 Å². The van der Waals surface area contributed by atoms with Crippen molar-refractivity contribution in [2.75, 3.05) is 46.3 Å². The second-order valence-corrected chi connectivity index (χ2v) is 7.55. The van der Waals surface area contributed by atoms with Gasteiger partial charge in [-0.2, -0.15) is 0 Å². The Hall–Kier alpha value is -2.22. The zero-order chi connectivity index (χ0) is 19.1. The zero-order valence-corrected chi connectivity index (χ0v) is 16.4. The Bertz CT molecular complexity index is 728. The maximum absolute atomic E-state index is 12.7. The van der Waals surface area contributed by atoms with Gasteiger partial charge in [-0.1, -0.05) is 36.4 Å². The third kappa shape index (κ3) is 5.38. The molecule has 0 aliphatic carbocycles. The van der Waals surface area contributed by atoms with Gasteiger partial charge in [0, 0.05) is 38.1 Å². The lowest BCUT2D eigenvalue weighted by Gasteiger charge is -2.34. The lowest BCUT2D eigenvalue weighted by Crippen LogP contribution is -2.52. The van der Waals surface area contributed by atoms with Gasteiger partial charge in [-0.15, -0.1) is 11.3 Å².